The highest BCUT2D eigenvalue weighted by atomic mass is 16.3. The average Bonchev–Trinajstić information content (AvgIpc) is 3.40. The summed E-state index contributed by atoms with van der Waals surface area (Å²) in [4.78, 5) is 12.6. The molecule has 0 heterocycles. The van der Waals surface area contributed by atoms with Crippen LogP contribution in [0.25, 0.3) is 0 Å². The Morgan fingerprint density at radius 2 is 0.562 bits per heavy atom. The van der Waals surface area contributed by atoms with Crippen molar-refractivity contribution in [3.8, 4) is 0 Å². The SMILES string of the molecule is CCCCCCCCCCCCCCCC/C=C\CCCCCCCCCCCCCCCCCCCC(=O)NC(CO)C(O)C(O)CCC/C=C/CC/C=C/CCCCCCCCCCCCCCCCC. The molecule has 0 aliphatic heterocycles. The molecule has 432 valence electrons. The Hall–Kier alpha value is -1.43. The molecule has 5 heteroatoms. The Morgan fingerprint density at radius 3 is 0.836 bits per heavy atom. The van der Waals surface area contributed by atoms with E-state index >= 15 is 0 Å². The van der Waals surface area contributed by atoms with Crippen molar-refractivity contribution in [2.75, 3.05) is 6.61 Å². The van der Waals surface area contributed by atoms with Gasteiger partial charge in [-0.15, -0.1) is 0 Å². The predicted octanol–water partition coefficient (Wildman–Crippen LogP) is 21.3. The van der Waals surface area contributed by atoms with Gasteiger partial charge in [0.1, 0.15) is 6.10 Å². The normalized spacial score (nSPS) is 13.3. The van der Waals surface area contributed by atoms with Gasteiger partial charge >= 0.3 is 0 Å². The maximum Gasteiger partial charge on any atom is 0.220 e. The van der Waals surface area contributed by atoms with Gasteiger partial charge in [-0.3, -0.25) is 4.79 Å². The van der Waals surface area contributed by atoms with Crippen molar-refractivity contribution in [2.24, 2.45) is 0 Å². The molecular weight excluding hydrogens is 895 g/mol. The van der Waals surface area contributed by atoms with Crippen LogP contribution in [0.2, 0.25) is 0 Å². The molecule has 0 spiro atoms. The standard InChI is InChI=1S/C68H131NO4/c1-3-5-7-9-11-13-15-17-19-21-23-25-27-29-30-31-32-33-34-35-36-37-38-39-41-43-45-47-49-51-53-55-57-59-61-63-67(72)69-65(64-70)68(73)66(71)62-60-58-56-54-52-50-48-46-44-42-40-28-26-24-22-20-18-16-14-12-10-8-6-4-2/h31-32,46,48,54,56,65-66,68,70-71,73H,3-30,33-45,47,49-53,55,57-64H2,1-2H3,(H,69,72)/b32-31-,48-46+,56-54+. The van der Waals surface area contributed by atoms with Crippen LogP contribution in [-0.4, -0.2) is 46.1 Å². The summed E-state index contributed by atoms with van der Waals surface area (Å²) in [5.41, 5.74) is 0. The summed E-state index contributed by atoms with van der Waals surface area (Å²) < 4.78 is 0. The van der Waals surface area contributed by atoms with Crippen molar-refractivity contribution < 1.29 is 20.1 Å². The molecule has 0 radical (unpaired) electrons. The molecule has 3 unspecified atom stereocenters. The van der Waals surface area contributed by atoms with Crippen molar-refractivity contribution in [2.45, 2.75) is 385 Å². The van der Waals surface area contributed by atoms with E-state index in [1.54, 1.807) is 0 Å². The lowest BCUT2D eigenvalue weighted by atomic mass is 10.0. The van der Waals surface area contributed by atoms with Gasteiger partial charge in [-0.05, 0) is 77.0 Å². The number of carbonyl (C=O) groups excluding carboxylic acids is 1. The summed E-state index contributed by atoms with van der Waals surface area (Å²) in [7, 11) is 0. The first-order valence-corrected chi connectivity index (χ1v) is 33.3. The van der Waals surface area contributed by atoms with Gasteiger partial charge < -0.3 is 20.6 Å². The van der Waals surface area contributed by atoms with E-state index < -0.39 is 18.2 Å². The number of unbranched alkanes of at least 4 members (excludes halogenated alkanes) is 48. The Labute approximate surface area is 457 Å². The monoisotopic (exact) mass is 1030 g/mol. The number of nitrogens with one attached hydrogen (secondary N) is 1. The number of rotatable bonds is 62. The van der Waals surface area contributed by atoms with Crippen molar-refractivity contribution in [1.29, 1.82) is 0 Å². The second-order valence-electron chi connectivity index (χ2n) is 23.0. The molecular formula is C68H131NO4. The smallest absolute Gasteiger partial charge is 0.220 e. The second kappa shape index (κ2) is 63.1. The fraction of sp³-hybridized carbons (Fsp3) is 0.897. The zero-order valence-corrected chi connectivity index (χ0v) is 49.5. The fourth-order valence-corrected chi connectivity index (χ4v) is 10.6. The van der Waals surface area contributed by atoms with Crippen LogP contribution in [0.1, 0.15) is 367 Å². The van der Waals surface area contributed by atoms with Crippen LogP contribution < -0.4 is 5.32 Å². The Balaban J connectivity index is 3.51. The minimum atomic E-state index is -1.17. The van der Waals surface area contributed by atoms with Crippen LogP contribution in [-0.2, 0) is 4.79 Å². The van der Waals surface area contributed by atoms with Gasteiger partial charge in [-0.2, -0.15) is 0 Å². The summed E-state index contributed by atoms with van der Waals surface area (Å²) in [5, 5.41) is 33.8. The summed E-state index contributed by atoms with van der Waals surface area (Å²) >= 11 is 0. The minimum Gasteiger partial charge on any atom is -0.394 e. The van der Waals surface area contributed by atoms with Gasteiger partial charge in [-0.1, -0.05) is 320 Å². The molecule has 0 saturated carbocycles. The van der Waals surface area contributed by atoms with Crippen molar-refractivity contribution in [3.63, 3.8) is 0 Å². The zero-order valence-electron chi connectivity index (χ0n) is 49.5. The number of amides is 1. The summed E-state index contributed by atoms with van der Waals surface area (Å²) in [6.45, 7) is 4.21. The van der Waals surface area contributed by atoms with Crippen LogP contribution in [0.3, 0.4) is 0 Å². The molecule has 0 rings (SSSR count). The minimum absolute atomic E-state index is 0.152. The van der Waals surface area contributed by atoms with Crippen LogP contribution in [0, 0.1) is 0 Å². The van der Waals surface area contributed by atoms with Crippen LogP contribution in [0.4, 0.5) is 0 Å². The van der Waals surface area contributed by atoms with Gasteiger partial charge in [0, 0.05) is 6.42 Å². The van der Waals surface area contributed by atoms with Gasteiger partial charge in [-0.25, -0.2) is 0 Å². The summed E-state index contributed by atoms with van der Waals surface area (Å²) in [6, 6.07) is -0.833. The molecule has 4 N–H and O–H groups in total. The van der Waals surface area contributed by atoms with Crippen molar-refractivity contribution in [1.82, 2.24) is 5.32 Å². The lowest BCUT2D eigenvalue weighted by molar-refractivity contribution is -0.124. The first-order chi connectivity index (χ1) is 36.1. The number of aliphatic hydroxyl groups is 3. The van der Waals surface area contributed by atoms with Crippen molar-refractivity contribution >= 4 is 5.91 Å². The highest BCUT2D eigenvalue weighted by molar-refractivity contribution is 5.76. The fourth-order valence-electron chi connectivity index (χ4n) is 10.6. The lowest BCUT2D eigenvalue weighted by Crippen LogP contribution is -2.50. The van der Waals surface area contributed by atoms with Crippen LogP contribution in [0.5, 0.6) is 0 Å². The predicted molar refractivity (Wildman–Crippen MR) is 324 cm³/mol. The third-order valence-electron chi connectivity index (χ3n) is 15.7. The molecule has 0 bridgehead atoms. The van der Waals surface area contributed by atoms with Crippen LogP contribution >= 0.6 is 0 Å². The molecule has 0 aromatic heterocycles. The van der Waals surface area contributed by atoms with E-state index in [1.165, 1.54) is 295 Å². The van der Waals surface area contributed by atoms with E-state index in [9.17, 15) is 20.1 Å². The number of hydrogen-bond acceptors (Lipinski definition) is 4. The topological polar surface area (TPSA) is 89.8 Å². The van der Waals surface area contributed by atoms with E-state index in [1.807, 2.05) is 0 Å². The van der Waals surface area contributed by atoms with Gasteiger partial charge in [0.25, 0.3) is 0 Å². The maximum absolute atomic E-state index is 12.6. The second-order valence-corrected chi connectivity index (χ2v) is 23.0. The third kappa shape index (κ3) is 58.1. The number of aliphatic hydroxyl groups excluding tert-OH is 3. The first-order valence-electron chi connectivity index (χ1n) is 33.3. The Morgan fingerprint density at radius 1 is 0.329 bits per heavy atom. The summed E-state index contributed by atoms with van der Waals surface area (Å²) in [6.07, 6.45) is 83.5. The van der Waals surface area contributed by atoms with E-state index in [-0.39, 0.29) is 12.5 Å². The zero-order chi connectivity index (χ0) is 52.9. The highest BCUT2D eigenvalue weighted by Gasteiger charge is 2.26. The van der Waals surface area contributed by atoms with Crippen molar-refractivity contribution in [3.05, 3.63) is 36.5 Å². The van der Waals surface area contributed by atoms with E-state index in [0.29, 0.717) is 12.8 Å². The molecule has 0 fully saturated rings. The number of carbonyl (C=O) groups is 1. The molecule has 0 aliphatic carbocycles. The number of allylic oxidation sites excluding steroid dienone is 6. The van der Waals surface area contributed by atoms with E-state index in [0.717, 1.165) is 44.9 Å². The molecule has 73 heavy (non-hydrogen) atoms. The lowest BCUT2D eigenvalue weighted by Gasteiger charge is -2.26. The quantitative estimate of drug-likeness (QED) is 0.0361. The molecule has 0 aliphatic rings. The molecule has 0 aromatic carbocycles. The van der Waals surface area contributed by atoms with Gasteiger partial charge in [0.05, 0.1) is 18.8 Å². The molecule has 3 atom stereocenters. The molecule has 0 saturated heterocycles. The largest absolute Gasteiger partial charge is 0.394 e. The van der Waals surface area contributed by atoms with E-state index in [4.69, 9.17) is 0 Å². The summed E-state index contributed by atoms with van der Waals surface area (Å²) in [5.74, 6) is -0.152. The van der Waals surface area contributed by atoms with Crippen LogP contribution in [0.15, 0.2) is 36.5 Å². The number of hydrogen-bond donors (Lipinski definition) is 4. The maximum atomic E-state index is 12.6. The first kappa shape index (κ1) is 71.6. The van der Waals surface area contributed by atoms with Gasteiger partial charge in [0.15, 0.2) is 0 Å². The Kier molecular flexibility index (Phi) is 61.9. The highest BCUT2D eigenvalue weighted by Crippen LogP contribution is 2.18. The molecule has 1 amide bonds. The molecule has 5 nitrogen and oxygen atoms in total. The van der Waals surface area contributed by atoms with E-state index in [2.05, 4.69) is 55.6 Å². The Bertz CT molecular complexity index is 1130. The molecule has 0 aromatic rings. The average molecular weight is 1030 g/mol. The van der Waals surface area contributed by atoms with Gasteiger partial charge in [0.2, 0.25) is 5.91 Å². The third-order valence-corrected chi connectivity index (χ3v) is 15.7.